The Labute approximate surface area is 228 Å². The van der Waals surface area contributed by atoms with E-state index in [1.165, 1.54) is 6.92 Å². The number of carbonyl (C=O) groups excluding carboxylic acids is 1. The standard InChI is InChI=1S/C32H50O6/c1-18(26(34)35)20-10-15-32(27(36)37)17-16-30(6)21(25(20)32)8-9-23-29(5)13-12-24(38-19(2)33)28(3,4)22(29)11-14-31(23,30)7/h18,20-25H,8-17H2,1-7H3,(H,34,35)(H,36,37)/t18-,20+,21?,22?,23?,24-,25?,29+,30-,31-,32+/m1/s1. The van der Waals surface area contributed by atoms with Crippen molar-refractivity contribution in [2.24, 2.45) is 62.6 Å². The Morgan fingerprint density at radius 3 is 2.08 bits per heavy atom. The maximum atomic E-state index is 12.9. The molecular weight excluding hydrogens is 480 g/mol. The summed E-state index contributed by atoms with van der Waals surface area (Å²) >= 11 is 0. The van der Waals surface area contributed by atoms with Crippen LogP contribution >= 0.6 is 0 Å². The fraction of sp³-hybridized carbons (Fsp3) is 0.906. The van der Waals surface area contributed by atoms with E-state index >= 15 is 0 Å². The second kappa shape index (κ2) is 8.70. The molecule has 11 atom stereocenters. The zero-order valence-corrected chi connectivity index (χ0v) is 24.6. The predicted molar refractivity (Wildman–Crippen MR) is 144 cm³/mol. The molecule has 0 spiro atoms. The third kappa shape index (κ3) is 3.46. The fourth-order valence-corrected chi connectivity index (χ4v) is 12.1. The molecule has 5 saturated carbocycles. The minimum absolute atomic E-state index is 0.00873. The monoisotopic (exact) mass is 530 g/mol. The molecule has 5 aliphatic rings. The number of aliphatic carboxylic acids is 2. The Bertz CT molecular complexity index is 1020. The Morgan fingerprint density at radius 2 is 1.47 bits per heavy atom. The zero-order valence-electron chi connectivity index (χ0n) is 24.6. The third-order valence-electron chi connectivity index (χ3n) is 14.2. The number of hydrogen-bond acceptors (Lipinski definition) is 4. The summed E-state index contributed by atoms with van der Waals surface area (Å²) < 4.78 is 5.86. The Hall–Kier alpha value is -1.59. The SMILES string of the molecule is CC(=O)O[C@@H]1CC[C@@]2(C)C(CC[C@]3(C)C2CCC2C4[C@H]([C@@H](C)C(=O)O)CC[C@]4(C(=O)O)CC[C@]23C)C1(C)C. The molecule has 0 bridgehead atoms. The van der Waals surface area contributed by atoms with Gasteiger partial charge in [-0.15, -0.1) is 0 Å². The molecule has 6 nitrogen and oxygen atoms in total. The lowest BCUT2D eigenvalue weighted by Gasteiger charge is -2.72. The molecule has 0 aromatic rings. The Morgan fingerprint density at radius 1 is 0.789 bits per heavy atom. The van der Waals surface area contributed by atoms with Gasteiger partial charge in [-0.05, 0) is 110 Å². The number of esters is 1. The molecule has 214 valence electrons. The molecule has 0 aromatic carbocycles. The molecule has 0 aromatic heterocycles. The predicted octanol–water partition coefficient (Wildman–Crippen LogP) is 6.80. The number of carbonyl (C=O) groups is 3. The summed E-state index contributed by atoms with van der Waals surface area (Å²) in [6.07, 6.45) is 9.11. The van der Waals surface area contributed by atoms with Crippen LogP contribution in [0.15, 0.2) is 0 Å². The molecule has 0 radical (unpaired) electrons. The Kier molecular flexibility index (Phi) is 6.40. The molecule has 2 N–H and O–H groups in total. The first-order valence-electron chi connectivity index (χ1n) is 15.2. The number of carboxylic acids is 2. The van der Waals surface area contributed by atoms with Gasteiger partial charge >= 0.3 is 17.9 Å². The summed E-state index contributed by atoms with van der Waals surface area (Å²) in [5.41, 5.74) is -0.643. The number of fused-ring (bicyclic) bond motifs is 7. The van der Waals surface area contributed by atoms with Gasteiger partial charge in [-0.2, -0.15) is 0 Å². The topological polar surface area (TPSA) is 101 Å². The molecule has 0 amide bonds. The molecule has 38 heavy (non-hydrogen) atoms. The molecule has 0 heterocycles. The highest BCUT2D eigenvalue weighted by Crippen LogP contribution is 2.77. The van der Waals surface area contributed by atoms with Crippen molar-refractivity contribution in [3.63, 3.8) is 0 Å². The normalized spacial score (nSPS) is 50.0. The lowest BCUT2D eigenvalue weighted by molar-refractivity contribution is -0.251. The lowest BCUT2D eigenvalue weighted by atomic mass is 9.32. The third-order valence-corrected chi connectivity index (χ3v) is 14.2. The average molecular weight is 531 g/mol. The van der Waals surface area contributed by atoms with Crippen LogP contribution in [0, 0.1) is 62.6 Å². The highest BCUT2D eigenvalue weighted by Gasteiger charge is 2.72. The average Bonchev–Trinajstić information content (AvgIpc) is 3.21. The van der Waals surface area contributed by atoms with Crippen molar-refractivity contribution in [1.82, 2.24) is 0 Å². The van der Waals surface area contributed by atoms with Crippen LogP contribution in [0.4, 0.5) is 0 Å². The van der Waals surface area contributed by atoms with Crippen molar-refractivity contribution < 1.29 is 29.3 Å². The quantitative estimate of drug-likeness (QED) is 0.388. The van der Waals surface area contributed by atoms with E-state index in [9.17, 15) is 24.6 Å². The second-order valence-corrected chi connectivity index (χ2v) is 15.4. The first kappa shape index (κ1) is 28.0. The minimum Gasteiger partial charge on any atom is -0.481 e. The highest BCUT2D eigenvalue weighted by atomic mass is 16.5. The van der Waals surface area contributed by atoms with Gasteiger partial charge in [0.15, 0.2) is 0 Å². The van der Waals surface area contributed by atoms with Gasteiger partial charge < -0.3 is 14.9 Å². The fourth-order valence-electron chi connectivity index (χ4n) is 12.1. The van der Waals surface area contributed by atoms with Crippen LogP contribution in [0.3, 0.4) is 0 Å². The van der Waals surface area contributed by atoms with E-state index in [2.05, 4.69) is 34.6 Å². The summed E-state index contributed by atoms with van der Waals surface area (Å²) in [5, 5.41) is 20.5. The van der Waals surface area contributed by atoms with Gasteiger partial charge in [0, 0.05) is 12.3 Å². The van der Waals surface area contributed by atoms with E-state index in [0.717, 1.165) is 44.9 Å². The van der Waals surface area contributed by atoms with E-state index in [1.807, 2.05) is 0 Å². The van der Waals surface area contributed by atoms with E-state index in [0.29, 0.717) is 31.1 Å². The first-order chi connectivity index (χ1) is 17.6. The van der Waals surface area contributed by atoms with Crippen LogP contribution in [0.1, 0.15) is 113 Å². The molecular formula is C32H50O6. The van der Waals surface area contributed by atoms with E-state index < -0.39 is 23.3 Å². The summed E-state index contributed by atoms with van der Waals surface area (Å²) in [5.74, 6) is -1.08. The van der Waals surface area contributed by atoms with E-state index in [-0.39, 0.29) is 51.5 Å². The van der Waals surface area contributed by atoms with Crippen LogP contribution in [0.25, 0.3) is 0 Å². The molecule has 0 aliphatic heterocycles. The van der Waals surface area contributed by atoms with Crippen molar-refractivity contribution >= 4 is 17.9 Å². The zero-order chi connectivity index (χ0) is 28.1. The first-order valence-corrected chi connectivity index (χ1v) is 15.2. The molecule has 6 heteroatoms. The van der Waals surface area contributed by atoms with Gasteiger partial charge in [0.25, 0.3) is 0 Å². The van der Waals surface area contributed by atoms with Crippen LogP contribution in [-0.4, -0.2) is 34.2 Å². The van der Waals surface area contributed by atoms with Gasteiger partial charge in [-0.3, -0.25) is 14.4 Å². The molecule has 5 fully saturated rings. The number of rotatable bonds is 4. The smallest absolute Gasteiger partial charge is 0.309 e. The lowest BCUT2D eigenvalue weighted by Crippen LogP contribution is -2.67. The largest absolute Gasteiger partial charge is 0.481 e. The Balaban J connectivity index is 1.52. The summed E-state index contributed by atoms with van der Waals surface area (Å²) in [7, 11) is 0. The van der Waals surface area contributed by atoms with Crippen LogP contribution in [0.2, 0.25) is 0 Å². The van der Waals surface area contributed by atoms with Crippen molar-refractivity contribution in [1.29, 1.82) is 0 Å². The summed E-state index contributed by atoms with van der Waals surface area (Å²) in [6.45, 7) is 15.4. The molecule has 4 unspecified atom stereocenters. The number of ether oxygens (including phenoxy) is 1. The molecule has 5 rings (SSSR count). The van der Waals surface area contributed by atoms with Gasteiger partial charge in [-0.25, -0.2) is 0 Å². The van der Waals surface area contributed by atoms with Gasteiger partial charge in [0.05, 0.1) is 11.3 Å². The maximum absolute atomic E-state index is 12.9. The van der Waals surface area contributed by atoms with Gasteiger partial charge in [0.2, 0.25) is 0 Å². The van der Waals surface area contributed by atoms with Crippen molar-refractivity contribution in [3.8, 4) is 0 Å². The highest BCUT2D eigenvalue weighted by molar-refractivity contribution is 5.77. The van der Waals surface area contributed by atoms with Gasteiger partial charge in [-0.1, -0.05) is 41.5 Å². The van der Waals surface area contributed by atoms with Crippen LogP contribution in [0.5, 0.6) is 0 Å². The van der Waals surface area contributed by atoms with E-state index in [1.54, 1.807) is 6.92 Å². The second-order valence-electron chi connectivity index (χ2n) is 15.4. The molecule has 0 saturated heterocycles. The summed E-state index contributed by atoms with van der Waals surface area (Å²) in [6, 6.07) is 0. The van der Waals surface area contributed by atoms with Crippen LogP contribution in [-0.2, 0) is 19.1 Å². The van der Waals surface area contributed by atoms with Crippen LogP contribution < -0.4 is 0 Å². The number of carboxylic acid groups (broad SMARTS) is 2. The minimum atomic E-state index is -0.789. The van der Waals surface area contributed by atoms with Gasteiger partial charge in [0.1, 0.15) is 6.10 Å². The maximum Gasteiger partial charge on any atom is 0.309 e. The summed E-state index contributed by atoms with van der Waals surface area (Å²) in [4.78, 5) is 36.9. The van der Waals surface area contributed by atoms with Crippen molar-refractivity contribution in [3.05, 3.63) is 0 Å². The van der Waals surface area contributed by atoms with Crippen molar-refractivity contribution in [2.45, 2.75) is 119 Å². The van der Waals surface area contributed by atoms with Crippen molar-refractivity contribution in [2.75, 3.05) is 0 Å². The van der Waals surface area contributed by atoms with E-state index in [4.69, 9.17) is 4.74 Å². The molecule has 5 aliphatic carbocycles. The number of hydrogen-bond donors (Lipinski definition) is 2.